The SMILES string of the molecule is CCC(=NOCc1ccc([N+](=O)[O-])cc1)c1cc(O)c(C)cc1I.CCC(=O)c1cc(O)c(C)cc1I.Cl.NOCc1ccc([N+](=O)[O-])cc1. The van der Waals surface area contributed by atoms with Gasteiger partial charge in [0.05, 0.1) is 22.2 Å². The van der Waals surface area contributed by atoms with Crippen molar-refractivity contribution in [2.45, 2.75) is 53.8 Å². The minimum absolute atomic E-state index is 0. The molecule has 0 atom stereocenters. The van der Waals surface area contributed by atoms with Gasteiger partial charge in [-0.05, 0) is 136 Å². The highest BCUT2D eigenvalue weighted by atomic mass is 127. The summed E-state index contributed by atoms with van der Waals surface area (Å²) >= 11 is 4.31. The smallest absolute Gasteiger partial charge is 0.269 e. The number of halogens is 3. The summed E-state index contributed by atoms with van der Waals surface area (Å²) in [6.45, 7) is 7.91. The van der Waals surface area contributed by atoms with Crippen molar-refractivity contribution in [1.29, 1.82) is 0 Å². The van der Waals surface area contributed by atoms with Crippen molar-refractivity contribution in [3.63, 3.8) is 0 Å². The van der Waals surface area contributed by atoms with E-state index in [1.165, 1.54) is 24.3 Å². The molecule has 0 saturated heterocycles. The molecule has 4 N–H and O–H groups in total. The van der Waals surface area contributed by atoms with Gasteiger partial charge in [-0.25, -0.2) is 5.90 Å². The van der Waals surface area contributed by atoms with E-state index in [4.69, 9.17) is 10.7 Å². The number of benzene rings is 4. The van der Waals surface area contributed by atoms with E-state index in [2.05, 4.69) is 55.2 Å². The van der Waals surface area contributed by atoms with Crippen LogP contribution in [0.15, 0.2) is 78.0 Å². The summed E-state index contributed by atoms with van der Waals surface area (Å²) in [5.41, 5.74) is 5.51. The molecule has 16 heteroatoms. The highest BCUT2D eigenvalue weighted by molar-refractivity contribution is 14.1. The van der Waals surface area contributed by atoms with Crippen LogP contribution in [-0.2, 0) is 22.9 Å². The first-order valence-corrected chi connectivity index (χ1v) is 16.9. The lowest BCUT2D eigenvalue weighted by Gasteiger charge is -2.09. The molecule has 0 amide bonds. The number of hydrogen-bond acceptors (Lipinski definition) is 11. The van der Waals surface area contributed by atoms with Gasteiger partial charge in [-0.3, -0.25) is 29.9 Å². The van der Waals surface area contributed by atoms with Crippen molar-refractivity contribution < 1.29 is 34.5 Å². The molecule has 0 fully saturated rings. The number of phenols is 2. The van der Waals surface area contributed by atoms with Crippen LogP contribution in [0.5, 0.6) is 11.5 Å². The maximum absolute atomic E-state index is 11.4. The lowest BCUT2D eigenvalue weighted by Crippen LogP contribution is -2.04. The average molecular weight is 935 g/mol. The van der Waals surface area contributed by atoms with Gasteiger partial charge < -0.3 is 15.1 Å². The Balaban J connectivity index is 0.000000407. The molecule has 0 aliphatic heterocycles. The minimum Gasteiger partial charge on any atom is -0.508 e. The Bertz CT molecular complexity index is 1790. The largest absolute Gasteiger partial charge is 0.508 e. The minimum atomic E-state index is -0.451. The number of aromatic hydroxyl groups is 2. The highest BCUT2D eigenvalue weighted by Crippen LogP contribution is 2.26. The van der Waals surface area contributed by atoms with E-state index in [1.807, 2.05) is 39.8 Å². The summed E-state index contributed by atoms with van der Waals surface area (Å²) in [5, 5.41) is 44.3. The molecule has 0 radical (unpaired) electrons. The Kier molecular flexibility index (Phi) is 19.4. The predicted molar refractivity (Wildman–Crippen MR) is 210 cm³/mol. The van der Waals surface area contributed by atoms with E-state index in [-0.39, 0.29) is 54.3 Å². The molecule has 13 nitrogen and oxygen atoms in total. The molecule has 0 bridgehead atoms. The summed E-state index contributed by atoms with van der Waals surface area (Å²) in [6, 6.07) is 19.1. The third-order valence-electron chi connectivity index (χ3n) is 6.79. The summed E-state index contributed by atoms with van der Waals surface area (Å²) in [7, 11) is 0. The van der Waals surface area contributed by atoms with Crippen LogP contribution in [0.1, 0.15) is 64.9 Å². The number of hydrogen-bond donors (Lipinski definition) is 3. The normalized spacial score (nSPS) is 10.4. The van der Waals surface area contributed by atoms with E-state index < -0.39 is 9.85 Å². The number of non-ortho nitro benzene ring substituents is 2. The number of ketones is 1. The predicted octanol–water partition coefficient (Wildman–Crippen LogP) is 8.85. The molecule has 50 heavy (non-hydrogen) atoms. The number of oxime groups is 1. The van der Waals surface area contributed by atoms with Gasteiger partial charge in [-0.1, -0.05) is 19.0 Å². The van der Waals surface area contributed by atoms with Crippen molar-refractivity contribution in [3.05, 3.63) is 134 Å². The number of phenolic OH excluding ortho intramolecular Hbond substituents is 2. The highest BCUT2D eigenvalue weighted by Gasteiger charge is 2.12. The third kappa shape index (κ3) is 13.8. The van der Waals surface area contributed by atoms with Gasteiger partial charge >= 0.3 is 0 Å². The van der Waals surface area contributed by atoms with E-state index >= 15 is 0 Å². The molecule has 0 heterocycles. The number of carbonyl (C=O) groups excluding carboxylic acids is 1. The molecule has 0 unspecified atom stereocenters. The quantitative estimate of drug-likeness (QED) is 0.0429. The Morgan fingerprint density at radius 2 is 1.18 bits per heavy atom. The fourth-order valence-corrected chi connectivity index (χ4v) is 5.82. The maximum atomic E-state index is 11.4. The third-order valence-corrected chi connectivity index (χ3v) is 8.57. The Morgan fingerprint density at radius 3 is 1.58 bits per heavy atom. The molecule has 4 aromatic rings. The number of nitro benzene ring substituents is 2. The number of rotatable bonds is 11. The number of aryl methyl sites for hydroxylation is 2. The van der Waals surface area contributed by atoms with Gasteiger partial charge in [0.15, 0.2) is 5.78 Å². The average Bonchev–Trinajstić information content (AvgIpc) is 3.07. The zero-order valence-corrected chi connectivity index (χ0v) is 32.7. The first-order chi connectivity index (χ1) is 23.2. The molecular weight excluding hydrogens is 898 g/mol. The zero-order chi connectivity index (χ0) is 36.7. The van der Waals surface area contributed by atoms with Crippen LogP contribution in [0.25, 0.3) is 0 Å². The number of nitrogens with two attached hydrogens (primary N) is 1. The Labute approximate surface area is 322 Å². The number of nitro groups is 2. The van der Waals surface area contributed by atoms with Crippen LogP contribution < -0.4 is 5.90 Å². The van der Waals surface area contributed by atoms with Gasteiger partial charge in [0.25, 0.3) is 11.4 Å². The van der Waals surface area contributed by atoms with Crippen LogP contribution in [-0.4, -0.2) is 31.6 Å². The molecular formula is C34H37ClI2N4O9. The second kappa shape index (κ2) is 22.0. The van der Waals surface area contributed by atoms with Crippen LogP contribution >= 0.6 is 57.6 Å². The summed E-state index contributed by atoms with van der Waals surface area (Å²) in [4.78, 5) is 41.1. The monoisotopic (exact) mass is 934 g/mol. The number of nitrogens with zero attached hydrogens (tertiary/aromatic N) is 3. The molecule has 4 aromatic carbocycles. The van der Waals surface area contributed by atoms with Crippen LogP contribution in [0.2, 0.25) is 0 Å². The summed E-state index contributed by atoms with van der Waals surface area (Å²) in [5.74, 6) is 5.31. The van der Waals surface area contributed by atoms with E-state index in [1.54, 1.807) is 36.4 Å². The van der Waals surface area contributed by atoms with Crippen molar-refractivity contribution in [3.8, 4) is 11.5 Å². The molecule has 268 valence electrons. The number of Topliss-reactive ketones (excluding diaryl/α,β-unsaturated/α-hetero) is 1. The van der Waals surface area contributed by atoms with Crippen molar-refractivity contribution in [1.82, 2.24) is 0 Å². The summed E-state index contributed by atoms with van der Waals surface area (Å²) in [6.07, 6.45) is 1.12. The van der Waals surface area contributed by atoms with Crippen molar-refractivity contribution >= 4 is 80.5 Å². The van der Waals surface area contributed by atoms with E-state index in [0.29, 0.717) is 18.4 Å². The van der Waals surface area contributed by atoms with Gasteiger partial charge in [-0.2, -0.15) is 0 Å². The maximum Gasteiger partial charge on any atom is 0.269 e. The summed E-state index contributed by atoms with van der Waals surface area (Å²) < 4.78 is 1.89. The molecule has 0 aliphatic rings. The van der Waals surface area contributed by atoms with Crippen LogP contribution in [0, 0.1) is 41.2 Å². The molecule has 0 aromatic heterocycles. The van der Waals surface area contributed by atoms with Crippen LogP contribution in [0.4, 0.5) is 11.4 Å². The zero-order valence-electron chi connectivity index (χ0n) is 27.6. The fraction of sp³-hybridized carbons (Fsp3) is 0.235. The molecule has 0 saturated carbocycles. The lowest BCUT2D eigenvalue weighted by atomic mass is 10.1. The molecule has 0 aliphatic carbocycles. The van der Waals surface area contributed by atoms with Gasteiger partial charge in [0, 0.05) is 49.0 Å². The standard InChI is InChI=1S/C17H17IN2O4.C10H11IO2.C7H8N2O3.ClH/c1-3-16(14-9-17(21)11(2)8-15(14)18)19-24-10-12-4-6-13(7-5-12)20(22)23;1-3-9(12)7-5-10(13)6(2)4-8(7)11;8-12-5-6-1-3-7(4-2-6)9(10)11;/h4-9,21H,3,10H2,1-2H3;4-5,13H,3H2,1-2H3;1-4H,5,8H2;1H. The molecule has 0 spiro atoms. The van der Waals surface area contributed by atoms with E-state index in [0.717, 1.165) is 40.7 Å². The van der Waals surface area contributed by atoms with Crippen molar-refractivity contribution in [2.75, 3.05) is 0 Å². The Morgan fingerprint density at radius 1 is 0.760 bits per heavy atom. The number of carbonyl (C=O) groups is 1. The van der Waals surface area contributed by atoms with Crippen LogP contribution in [0.3, 0.4) is 0 Å². The Hall–Kier alpha value is -3.91. The molecule has 4 rings (SSSR count). The van der Waals surface area contributed by atoms with Crippen molar-refractivity contribution in [2.24, 2.45) is 11.1 Å². The van der Waals surface area contributed by atoms with Gasteiger partial charge in [0.1, 0.15) is 18.1 Å². The first-order valence-electron chi connectivity index (χ1n) is 14.7. The topological polar surface area (TPSA) is 201 Å². The first kappa shape index (κ1) is 44.1. The fourth-order valence-electron chi connectivity index (χ4n) is 3.96. The van der Waals surface area contributed by atoms with E-state index in [9.17, 15) is 35.2 Å². The second-order valence-electron chi connectivity index (χ2n) is 10.3. The van der Waals surface area contributed by atoms with Gasteiger partial charge in [-0.15, -0.1) is 12.4 Å². The second-order valence-corrected chi connectivity index (χ2v) is 12.7. The van der Waals surface area contributed by atoms with Gasteiger partial charge in [0.2, 0.25) is 0 Å². The lowest BCUT2D eigenvalue weighted by molar-refractivity contribution is -0.385.